The number of hydrogen-bond acceptors (Lipinski definition) is 4. The van der Waals surface area contributed by atoms with Crippen molar-refractivity contribution in [2.24, 2.45) is 5.92 Å². The number of carbonyl (C=O) groups is 2. The van der Waals surface area contributed by atoms with Gasteiger partial charge in [-0.05, 0) is 61.6 Å². The average molecular weight is 405 g/mol. The maximum absolute atomic E-state index is 13.7. The van der Waals surface area contributed by atoms with Crippen LogP contribution in [0.3, 0.4) is 0 Å². The summed E-state index contributed by atoms with van der Waals surface area (Å²) in [5.74, 6) is 0.355. The van der Waals surface area contributed by atoms with E-state index < -0.39 is 0 Å². The van der Waals surface area contributed by atoms with Gasteiger partial charge in [0.05, 0.1) is 12.7 Å². The van der Waals surface area contributed by atoms with E-state index in [1.165, 1.54) is 23.8 Å². The molecule has 3 heterocycles. The van der Waals surface area contributed by atoms with Gasteiger partial charge in [0.2, 0.25) is 5.91 Å². The minimum absolute atomic E-state index is 0.244. The van der Waals surface area contributed by atoms with Gasteiger partial charge in [0.15, 0.2) is 0 Å². The van der Waals surface area contributed by atoms with Crippen molar-refractivity contribution in [1.29, 1.82) is 0 Å². The fraction of sp³-hybridized carbons (Fsp3) is 0.440. The monoisotopic (exact) mass is 404 g/mol. The fourth-order valence-electron chi connectivity index (χ4n) is 5.98. The number of esters is 1. The summed E-state index contributed by atoms with van der Waals surface area (Å²) in [7, 11) is 1.40. The summed E-state index contributed by atoms with van der Waals surface area (Å²) in [5.41, 5.74) is 3.90. The number of benzene rings is 2. The lowest BCUT2D eigenvalue weighted by molar-refractivity contribution is -0.137. The molecule has 0 saturated carbocycles. The molecular formula is C25H28N2O3. The van der Waals surface area contributed by atoms with Gasteiger partial charge in [0, 0.05) is 25.0 Å². The number of hydrogen-bond donors (Lipinski definition) is 0. The molecule has 0 aromatic heterocycles. The van der Waals surface area contributed by atoms with E-state index in [0.29, 0.717) is 23.9 Å². The first-order chi connectivity index (χ1) is 14.5. The molecule has 5 rings (SSSR count). The van der Waals surface area contributed by atoms with Crippen molar-refractivity contribution < 1.29 is 14.3 Å². The van der Waals surface area contributed by atoms with Crippen molar-refractivity contribution in [3.05, 3.63) is 70.8 Å². The van der Waals surface area contributed by atoms with Crippen LogP contribution in [0.25, 0.3) is 0 Å². The molecule has 0 radical (unpaired) electrons. The molecule has 0 unspecified atom stereocenters. The first-order valence-electron chi connectivity index (χ1n) is 10.8. The van der Waals surface area contributed by atoms with E-state index in [-0.39, 0.29) is 17.6 Å². The molecule has 0 aliphatic carbocycles. The highest BCUT2D eigenvalue weighted by atomic mass is 16.5. The van der Waals surface area contributed by atoms with Gasteiger partial charge in [0.25, 0.3) is 0 Å². The standard InChI is InChI=1S/C25H28N2O3/c1-17-6-3-4-7-20(17)15-26-16-21-14-22(27-13-5-12-25(21,27)24(26)29)18-8-10-19(11-9-18)23(28)30-2/h3-4,6-11,21-22H,5,12-16H2,1-2H3/t21-,22-,25-/m0/s1. The summed E-state index contributed by atoms with van der Waals surface area (Å²) in [5, 5.41) is 0. The lowest BCUT2D eigenvalue weighted by Crippen LogP contribution is -2.49. The van der Waals surface area contributed by atoms with Gasteiger partial charge in [-0.2, -0.15) is 0 Å². The lowest BCUT2D eigenvalue weighted by atomic mass is 9.85. The highest BCUT2D eigenvalue weighted by Crippen LogP contribution is 2.56. The van der Waals surface area contributed by atoms with Crippen molar-refractivity contribution in [2.75, 3.05) is 20.2 Å². The Morgan fingerprint density at radius 1 is 1.17 bits per heavy atom. The van der Waals surface area contributed by atoms with Gasteiger partial charge < -0.3 is 9.64 Å². The van der Waals surface area contributed by atoms with Crippen molar-refractivity contribution >= 4 is 11.9 Å². The number of rotatable bonds is 4. The van der Waals surface area contributed by atoms with Crippen LogP contribution in [0.4, 0.5) is 0 Å². The smallest absolute Gasteiger partial charge is 0.337 e. The molecule has 1 spiro atoms. The predicted octanol–water partition coefficient (Wildman–Crippen LogP) is 3.72. The normalized spacial score (nSPS) is 27.9. The van der Waals surface area contributed by atoms with E-state index in [4.69, 9.17) is 4.74 Å². The largest absolute Gasteiger partial charge is 0.465 e. The molecule has 0 N–H and O–H groups in total. The number of aryl methyl sites for hydroxylation is 1. The van der Waals surface area contributed by atoms with E-state index in [1.54, 1.807) is 0 Å². The first-order valence-corrected chi connectivity index (χ1v) is 10.8. The molecule has 156 valence electrons. The third-order valence-electron chi connectivity index (χ3n) is 7.47. The molecule has 1 amide bonds. The Labute approximate surface area is 177 Å². The number of likely N-dealkylation sites (tertiary alicyclic amines) is 1. The van der Waals surface area contributed by atoms with Crippen LogP contribution in [0.1, 0.15) is 52.4 Å². The van der Waals surface area contributed by atoms with Gasteiger partial charge in [-0.1, -0.05) is 36.4 Å². The van der Waals surface area contributed by atoms with Gasteiger partial charge in [-0.25, -0.2) is 4.79 Å². The van der Waals surface area contributed by atoms with E-state index >= 15 is 0 Å². The van der Waals surface area contributed by atoms with Gasteiger partial charge >= 0.3 is 5.97 Å². The Morgan fingerprint density at radius 3 is 2.67 bits per heavy atom. The van der Waals surface area contributed by atoms with Gasteiger partial charge in [-0.15, -0.1) is 0 Å². The molecule has 2 aromatic carbocycles. The number of nitrogens with zero attached hydrogens (tertiary/aromatic N) is 2. The molecule has 5 heteroatoms. The minimum Gasteiger partial charge on any atom is -0.465 e. The van der Waals surface area contributed by atoms with Crippen LogP contribution in [0.15, 0.2) is 48.5 Å². The van der Waals surface area contributed by atoms with E-state index in [1.807, 2.05) is 30.3 Å². The van der Waals surface area contributed by atoms with Crippen LogP contribution in [-0.2, 0) is 16.1 Å². The number of ether oxygens (including phenoxy) is 1. The second-order valence-corrected chi connectivity index (χ2v) is 8.90. The molecule has 2 aromatic rings. The summed E-state index contributed by atoms with van der Waals surface area (Å²) in [6, 6.07) is 16.3. The van der Waals surface area contributed by atoms with Crippen molar-refractivity contribution in [1.82, 2.24) is 9.80 Å². The molecule has 3 aliphatic rings. The third-order valence-corrected chi connectivity index (χ3v) is 7.47. The van der Waals surface area contributed by atoms with Crippen molar-refractivity contribution in [3.63, 3.8) is 0 Å². The van der Waals surface area contributed by atoms with Crippen LogP contribution >= 0.6 is 0 Å². The zero-order chi connectivity index (χ0) is 20.9. The summed E-state index contributed by atoms with van der Waals surface area (Å²) in [6.45, 7) is 4.62. The topological polar surface area (TPSA) is 49.9 Å². The summed E-state index contributed by atoms with van der Waals surface area (Å²) in [4.78, 5) is 30.0. The number of amides is 1. The molecule has 3 atom stereocenters. The van der Waals surface area contributed by atoms with E-state index in [9.17, 15) is 9.59 Å². The highest BCUT2D eigenvalue weighted by Gasteiger charge is 2.65. The minimum atomic E-state index is -0.339. The van der Waals surface area contributed by atoms with Crippen molar-refractivity contribution in [2.45, 2.75) is 44.3 Å². The maximum Gasteiger partial charge on any atom is 0.337 e. The van der Waals surface area contributed by atoms with E-state index in [2.05, 4.69) is 34.9 Å². The number of methoxy groups -OCH3 is 1. The summed E-state index contributed by atoms with van der Waals surface area (Å²) < 4.78 is 4.81. The fourth-order valence-corrected chi connectivity index (χ4v) is 5.98. The molecule has 3 aliphatic heterocycles. The zero-order valence-corrected chi connectivity index (χ0v) is 17.6. The molecule has 3 saturated heterocycles. The van der Waals surface area contributed by atoms with Crippen LogP contribution in [0.5, 0.6) is 0 Å². The Balaban J connectivity index is 1.39. The average Bonchev–Trinajstić information content (AvgIpc) is 3.40. The predicted molar refractivity (Wildman–Crippen MR) is 114 cm³/mol. The molecule has 5 nitrogen and oxygen atoms in total. The van der Waals surface area contributed by atoms with Crippen LogP contribution in [0.2, 0.25) is 0 Å². The molecule has 0 bridgehead atoms. The van der Waals surface area contributed by atoms with E-state index in [0.717, 1.165) is 32.4 Å². The summed E-state index contributed by atoms with van der Waals surface area (Å²) >= 11 is 0. The van der Waals surface area contributed by atoms with Gasteiger partial charge in [-0.3, -0.25) is 9.69 Å². The highest BCUT2D eigenvalue weighted by molar-refractivity contribution is 5.90. The van der Waals surface area contributed by atoms with Crippen LogP contribution in [0, 0.1) is 12.8 Å². The number of carbonyl (C=O) groups excluding carboxylic acids is 2. The Bertz CT molecular complexity index is 986. The van der Waals surface area contributed by atoms with Crippen LogP contribution in [-0.4, -0.2) is 47.4 Å². The molecule has 3 fully saturated rings. The first kappa shape index (κ1) is 19.3. The Kier molecular flexibility index (Phi) is 4.66. The van der Waals surface area contributed by atoms with Crippen LogP contribution < -0.4 is 0 Å². The molecular weight excluding hydrogens is 376 g/mol. The van der Waals surface area contributed by atoms with Crippen molar-refractivity contribution in [3.8, 4) is 0 Å². The third kappa shape index (κ3) is 2.79. The van der Waals surface area contributed by atoms with Gasteiger partial charge in [0.1, 0.15) is 5.54 Å². The molecule has 30 heavy (non-hydrogen) atoms. The maximum atomic E-state index is 13.7. The Hall–Kier alpha value is -2.66. The second kappa shape index (κ2) is 7.24. The lowest BCUT2D eigenvalue weighted by Gasteiger charge is -2.33. The zero-order valence-electron chi connectivity index (χ0n) is 17.6. The second-order valence-electron chi connectivity index (χ2n) is 8.90. The quantitative estimate of drug-likeness (QED) is 0.729. The SMILES string of the molecule is COC(=O)c1ccc([C@@H]2C[C@H]3CN(Cc4ccccc4C)C(=O)[C@]34CCCN24)cc1. The summed E-state index contributed by atoms with van der Waals surface area (Å²) in [6.07, 6.45) is 3.02. The Morgan fingerprint density at radius 2 is 1.93 bits per heavy atom.